The van der Waals surface area contributed by atoms with Crippen molar-refractivity contribution in [3.05, 3.63) is 51.6 Å². The van der Waals surface area contributed by atoms with Gasteiger partial charge in [-0.15, -0.1) is 0 Å². The highest BCUT2D eigenvalue weighted by molar-refractivity contribution is 5.41. The van der Waals surface area contributed by atoms with Crippen molar-refractivity contribution in [2.75, 3.05) is 11.9 Å². The predicted molar refractivity (Wildman–Crippen MR) is 77.1 cm³/mol. The minimum Gasteiger partial charge on any atom is -0.466 e. The van der Waals surface area contributed by atoms with Gasteiger partial charge in [-0.1, -0.05) is 0 Å². The van der Waals surface area contributed by atoms with Gasteiger partial charge >= 0.3 is 0 Å². The summed E-state index contributed by atoms with van der Waals surface area (Å²) < 4.78 is 5.42. The van der Waals surface area contributed by atoms with E-state index in [-0.39, 0.29) is 12.2 Å². The van der Waals surface area contributed by atoms with Crippen LogP contribution in [0.4, 0.5) is 11.5 Å². The Morgan fingerprint density at radius 1 is 1.48 bits per heavy atom. The zero-order chi connectivity index (χ0) is 15.6. The van der Waals surface area contributed by atoms with Crippen LogP contribution in [0, 0.1) is 24.0 Å². The molecule has 1 unspecified atom stereocenters. The number of anilines is 1. The number of furan rings is 1. The van der Waals surface area contributed by atoms with Gasteiger partial charge < -0.3 is 14.8 Å². The van der Waals surface area contributed by atoms with Gasteiger partial charge in [-0.25, -0.2) is 4.98 Å². The highest BCUT2D eigenvalue weighted by Crippen LogP contribution is 2.27. The average molecular weight is 291 g/mol. The Morgan fingerprint density at radius 2 is 2.19 bits per heavy atom. The summed E-state index contributed by atoms with van der Waals surface area (Å²) in [6.07, 6.45) is 1.17. The fourth-order valence-corrected chi connectivity index (χ4v) is 2.12. The summed E-state index contributed by atoms with van der Waals surface area (Å²) in [7, 11) is 0. The molecule has 2 heterocycles. The van der Waals surface area contributed by atoms with E-state index in [0.717, 1.165) is 5.76 Å². The molecular formula is C14H17N3O4. The lowest BCUT2D eigenvalue weighted by Gasteiger charge is -2.23. The van der Waals surface area contributed by atoms with Gasteiger partial charge in [-0.3, -0.25) is 10.1 Å². The van der Waals surface area contributed by atoms with Crippen LogP contribution < -0.4 is 5.32 Å². The van der Waals surface area contributed by atoms with Gasteiger partial charge in [0.15, 0.2) is 0 Å². The third kappa shape index (κ3) is 3.38. The second-order valence-electron chi connectivity index (χ2n) is 5.11. The number of pyridine rings is 1. The number of nitrogens with one attached hydrogen (secondary N) is 1. The topological polar surface area (TPSA) is 101 Å². The van der Waals surface area contributed by atoms with Crippen molar-refractivity contribution in [1.82, 2.24) is 4.98 Å². The molecule has 0 aliphatic carbocycles. The van der Waals surface area contributed by atoms with Gasteiger partial charge in [-0.05, 0) is 32.9 Å². The highest BCUT2D eigenvalue weighted by atomic mass is 16.6. The molecule has 0 spiro atoms. The Balaban J connectivity index is 2.07. The molecule has 0 amide bonds. The maximum atomic E-state index is 10.5. The van der Waals surface area contributed by atoms with E-state index in [1.807, 2.05) is 6.92 Å². The van der Waals surface area contributed by atoms with Crippen molar-refractivity contribution < 1.29 is 14.4 Å². The summed E-state index contributed by atoms with van der Waals surface area (Å²) in [6, 6.07) is 4.65. The summed E-state index contributed by atoms with van der Waals surface area (Å²) in [5, 5.41) is 24.0. The molecule has 0 aliphatic heterocycles. The molecule has 0 bridgehead atoms. The van der Waals surface area contributed by atoms with E-state index in [2.05, 4.69) is 10.3 Å². The van der Waals surface area contributed by atoms with Crippen LogP contribution in [0.5, 0.6) is 0 Å². The van der Waals surface area contributed by atoms with Gasteiger partial charge in [0.05, 0.1) is 4.92 Å². The van der Waals surface area contributed by atoms with Gasteiger partial charge in [0, 0.05) is 18.2 Å². The molecule has 2 rings (SSSR count). The van der Waals surface area contributed by atoms with E-state index in [0.29, 0.717) is 17.1 Å². The predicted octanol–water partition coefficient (Wildman–Crippen LogP) is 2.52. The maximum Gasteiger partial charge on any atom is 0.287 e. The van der Waals surface area contributed by atoms with Crippen LogP contribution in [0.25, 0.3) is 0 Å². The fraction of sp³-hybridized carbons (Fsp3) is 0.357. The molecule has 0 aliphatic rings. The largest absolute Gasteiger partial charge is 0.466 e. The lowest BCUT2D eigenvalue weighted by Crippen LogP contribution is -2.31. The van der Waals surface area contributed by atoms with E-state index in [9.17, 15) is 15.2 Å². The standard InChI is InChI=1S/C14H17N3O4/c1-9-6-12(10(2)21-9)14(3,18)8-16-13-5-4-11(7-15-13)17(19)20/h4-7,18H,8H2,1-3H3,(H,15,16). The Morgan fingerprint density at radius 3 is 2.67 bits per heavy atom. The van der Waals surface area contributed by atoms with Gasteiger partial charge in [-0.2, -0.15) is 0 Å². The molecule has 7 nitrogen and oxygen atoms in total. The first-order valence-electron chi connectivity index (χ1n) is 6.44. The van der Waals surface area contributed by atoms with Crippen molar-refractivity contribution in [2.45, 2.75) is 26.4 Å². The maximum absolute atomic E-state index is 10.5. The zero-order valence-corrected chi connectivity index (χ0v) is 12.1. The van der Waals surface area contributed by atoms with Gasteiger partial charge in [0.25, 0.3) is 5.69 Å². The molecule has 2 aromatic heterocycles. The monoisotopic (exact) mass is 291 g/mol. The van der Waals surface area contributed by atoms with Crippen LogP contribution in [-0.4, -0.2) is 21.6 Å². The van der Waals surface area contributed by atoms with E-state index < -0.39 is 10.5 Å². The summed E-state index contributed by atoms with van der Waals surface area (Å²) in [5.74, 6) is 1.85. The molecule has 0 saturated carbocycles. The van der Waals surface area contributed by atoms with Crippen LogP contribution in [-0.2, 0) is 5.60 Å². The molecule has 7 heteroatoms. The summed E-state index contributed by atoms with van der Waals surface area (Å²) in [4.78, 5) is 14.0. The van der Waals surface area contributed by atoms with Crippen molar-refractivity contribution in [3.63, 3.8) is 0 Å². The third-order valence-corrected chi connectivity index (χ3v) is 3.19. The second-order valence-corrected chi connectivity index (χ2v) is 5.11. The number of rotatable bonds is 5. The SMILES string of the molecule is Cc1cc(C(C)(O)CNc2ccc([N+](=O)[O-])cn2)c(C)o1. The zero-order valence-electron chi connectivity index (χ0n) is 12.1. The molecule has 2 aromatic rings. The van der Waals surface area contributed by atoms with Gasteiger partial charge in [0.2, 0.25) is 0 Å². The van der Waals surface area contributed by atoms with E-state index in [4.69, 9.17) is 4.42 Å². The number of aliphatic hydroxyl groups is 1. The number of nitrogens with zero attached hydrogens (tertiary/aromatic N) is 2. The van der Waals surface area contributed by atoms with Crippen molar-refractivity contribution >= 4 is 11.5 Å². The quantitative estimate of drug-likeness (QED) is 0.648. The lowest BCUT2D eigenvalue weighted by molar-refractivity contribution is -0.385. The summed E-state index contributed by atoms with van der Waals surface area (Å²) in [5.41, 5.74) is -0.506. The summed E-state index contributed by atoms with van der Waals surface area (Å²) >= 11 is 0. The highest BCUT2D eigenvalue weighted by Gasteiger charge is 2.27. The minimum atomic E-state index is -1.13. The molecule has 0 saturated heterocycles. The smallest absolute Gasteiger partial charge is 0.287 e. The first-order valence-corrected chi connectivity index (χ1v) is 6.44. The number of hydrogen-bond acceptors (Lipinski definition) is 6. The number of aryl methyl sites for hydroxylation is 2. The van der Waals surface area contributed by atoms with E-state index in [1.165, 1.54) is 18.3 Å². The molecule has 2 N–H and O–H groups in total. The van der Waals surface area contributed by atoms with E-state index in [1.54, 1.807) is 19.9 Å². The normalized spacial score (nSPS) is 13.7. The Hall–Kier alpha value is -2.41. The minimum absolute atomic E-state index is 0.0754. The molecular weight excluding hydrogens is 274 g/mol. The van der Waals surface area contributed by atoms with Crippen LogP contribution >= 0.6 is 0 Å². The second kappa shape index (κ2) is 5.53. The van der Waals surface area contributed by atoms with E-state index >= 15 is 0 Å². The number of nitro groups is 1. The molecule has 1 atom stereocenters. The fourth-order valence-electron chi connectivity index (χ4n) is 2.12. The third-order valence-electron chi connectivity index (χ3n) is 3.19. The van der Waals surface area contributed by atoms with Crippen LogP contribution in [0.3, 0.4) is 0 Å². The number of aromatic nitrogens is 1. The molecule has 112 valence electrons. The van der Waals surface area contributed by atoms with Crippen LogP contribution in [0.2, 0.25) is 0 Å². The Labute approximate surface area is 121 Å². The molecule has 0 aromatic carbocycles. The van der Waals surface area contributed by atoms with Crippen molar-refractivity contribution in [2.24, 2.45) is 0 Å². The van der Waals surface area contributed by atoms with Crippen molar-refractivity contribution in [3.8, 4) is 0 Å². The summed E-state index contributed by atoms with van der Waals surface area (Å²) in [6.45, 7) is 5.49. The Bertz CT molecular complexity index is 647. The Kier molecular flexibility index (Phi) is 3.95. The van der Waals surface area contributed by atoms with Crippen molar-refractivity contribution in [1.29, 1.82) is 0 Å². The van der Waals surface area contributed by atoms with Crippen LogP contribution in [0.15, 0.2) is 28.8 Å². The first-order chi connectivity index (χ1) is 9.79. The lowest BCUT2D eigenvalue weighted by atomic mass is 9.96. The molecule has 0 fully saturated rings. The first kappa shape index (κ1) is 15.0. The average Bonchev–Trinajstić information content (AvgIpc) is 2.77. The number of hydrogen-bond donors (Lipinski definition) is 2. The van der Waals surface area contributed by atoms with Gasteiger partial charge in [0.1, 0.15) is 29.1 Å². The molecule has 0 radical (unpaired) electrons. The van der Waals surface area contributed by atoms with Crippen LogP contribution in [0.1, 0.15) is 24.0 Å². The molecule has 21 heavy (non-hydrogen) atoms.